The van der Waals surface area contributed by atoms with Crippen molar-refractivity contribution in [3.63, 3.8) is 0 Å². The Kier molecular flexibility index (Phi) is 5.06. The van der Waals surface area contributed by atoms with Crippen LogP contribution in [0.5, 0.6) is 0 Å². The maximum atomic E-state index is 12.6. The van der Waals surface area contributed by atoms with E-state index in [4.69, 9.17) is 0 Å². The van der Waals surface area contributed by atoms with Crippen LogP contribution in [0.1, 0.15) is 42.1 Å². The molecule has 0 aliphatic carbocycles. The van der Waals surface area contributed by atoms with E-state index in [1.54, 1.807) is 11.8 Å². The fourth-order valence-corrected chi connectivity index (χ4v) is 3.84. The number of likely N-dealkylation sites (tertiary alicyclic amines) is 1. The number of nitrogens with zero attached hydrogens (tertiary/aromatic N) is 3. The van der Waals surface area contributed by atoms with Crippen molar-refractivity contribution in [1.82, 2.24) is 14.5 Å². The van der Waals surface area contributed by atoms with E-state index >= 15 is 0 Å². The van der Waals surface area contributed by atoms with Gasteiger partial charge < -0.3 is 9.47 Å². The lowest BCUT2D eigenvalue weighted by atomic mass is 10.0. The second kappa shape index (κ2) is 7.21. The van der Waals surface area contributed by atoms with E-state index in [0.717, 1.165) is 35.9 Å². The van der Waals surface area contributed by atoms with E-state index in [1.165, 1.54) is 12.0 Å². The van der Waals surface area contributed by atoms with Crippen molar-refractivity contribution in [2.45, 2.75) is 43.1 Å². The smallest absolute Gasteiger partial charge is 0.254 e. The SMILES string of the molecule is CC1CCCCN1C(=O)c1ccc(CSc2nccn2C)cc1. The number of piperidine rings is 1. The minimum Gasteiger partial charge on any atom is -0.336 e. The van der Waals surface area contributed by atoms with Crippen LogP contribution < -0.4 is 0 Å². The molecule has 3 rings (SSSR count). The summed E-state index contributed by atoms with van der Waals surface area (Å²) in [5.41, 5.74) is 2.01. The number of aromatic nitrogens is 2. The summed E-state index contributed by atoms with van der Waals surface area (Å²) in [6, 6.07) is 8.38. The van der Waals surface area contributed by atoms with E-state index in [2.05, 4.69) is 24.0 Å². The number of rotatable bonds is 4. The second-order valence-electron chi connectivity index (χ2n) is 6.15. The molecule has 1 aromatic carbocycles. The van der Waals surface area contributed by atoms with E-state index in [9.17, 15) is 4.79 Å². The van der Waals surface area contributed by atoms with Crippen LogP contribution in [-0.2, 0) is 12.8 Å². The number of aryl methyl sites for hydroxylation is 1. The van der Waals surface area contributed by atoms with Gasteiger partial charge in [-0.15, -0.1) is 0 Å². The fraction of sp³-hybridized carbons (Fsp3) is 0.444. The number of imidazole rings is 1. The van der Waals surface area contributed by atoms with Gasteiger partial charge in [0.2, 0.25) is 0 Å². The van der Waals surface area contributed by atoms with Crippen molar-refractivity contribution < 1.29 is 4.79 Å². The monoisotopic (exact) mass is 329 g/mol. The Morgan fingerprint density at radius 2 is 2.09 bits per heavy atom. The van der Waals surface area contributed by atoms with Crippen molar-refractivity contribution in [3.05, 3.63) is 47.8 Å². The van der Waals surface area contributed by atoms with Crippen LogP contribution in [0.15, 0.2) is 41.8 Å². The Morgan fingerprint density at radius 3 is 2.74 bits per heavy atom. The van der Waals surface area contributed by atoms with Crippen LogP contribution in [-0.4, -0.2) is 32.9 Å². The van der Waals surface area contributed by atoms with Gasteiger partial charge in [0.15, 0.2) is 5.16 Å². The van der Waals surface area contributed by atoms with Crippen LogP contribution >= 0.6 is 11.8 Å². The first-order chi connectivity index (χ1) is 11.1. The molecule has 1 aliphatic heterocycles. The normalized spacial score (nSPS) is 18.2. The van der Waals surface area contributed by atoms with E-state index < -0.39 is 0 Å². The topological polar surface area (TPSA) is 38.1 Å². The summed E-state index contributed by atoms with van der Waals surface area (Å²) in [5.74, 6) is 1.03. The summed E-state index contributed by atoms with van der Waals surface area (Å²) in [5, 5.41) is 1.01. The highest BCUT2D eigenvalue weighted by Crippen LogP contribution is 2.22. The Hall–Kier alpha value is -1.75. The summed E-state index contributed by atoms with van der Waals surface area (Å²) in [7, 11) is 2.00. The highest BCUT2D eigenvalue weighted by molar-refractivity contribution is 7.98. The van der Waals surface area contributed by atoms with Crippen LogP contribution in [0, 0.1) is 0 Å². The number of carbonyl (C=O) groups excluding carboxylic acids is 1. The Morgan fingerprint density at radius 1 is 1.30 bits per heavy atom. The van der Waals surface area contributed by atoms with Gasteiger partial charge in [-0.2, -0.15) is 0 Å². The van der Waals surface area contributed by atoms with Gasteiger partial charge >= 0.3 is 0 Å². The van der Waals surface area contributed by atoms with Crippen LogP contribution in [0.25, 0.3) is 0 Å². The predicted molar refractivity (Wildman–Crippen MR) is 93.6 cm³/mol. The quantitative estimate of drug-likeness (QED) is 0.802. The van der Waals surface area contributed by atoms with Gasteiger partial charge in [0.05, 0.1) is 0 Å². The Labute approximate surface area is 141 Å². The summed E-state index contributed by atoms with van der Waals surface area (Å²) in [6.07, 6.45) is 7.22. The van der Waals surface area contributed by atoms with Crippen molar-refractivity contribution in [2.75, 3.05) is 6.54 Å². The maximum Gasteiger partial charge on any atom is 0.254 e. The molecule has 23 heavy (non-hydrogen) atoms. The molecule has 2 aromatic rings. The lowest BCUT2D eigenvalue weighted by molar-refractivity contribution is 0.0635. The third-order valence-electron chi connectivity index (χ3n) is 4.41. The first kappa shape index (κ1) is 16.1. The molecule has 1 amide bonds. The summed E-state index contributed by atoms with van der Waals surface area (Å²) in [6.45, 7) is 3.03. The highest BCUT2D eigenvalue weighted by atomic mass is 32.2. The highest BCUT2D eigenvalue weighted by Gasteiger charge is 2.23. The third-order valence-corrected chi connectivity index (χ3v) is 5.54. The van der Waals surface area contributed by atoms with E-state index in [1.807, 2.05) is 41.0 Å². The zero-order valence-electron chi connectivity index (χ0n) is 13.7. The molecular weight excluding hydrogens is 306 g/mol. The standard InChI is InChI=1S/C18H23N3OS/c1-14-5-3-4-11-21(14)17(22)16-8-6-15(7-9-16)13-23-18-19-10-12-20(18)2/h6-10,12,14H,3-5,11,13H2,1-2H3. The van der Waals surface area contributed by atoms with Gasteiger partial charge in [0, 0.05) is 43.3 Å². The molecule has 1 aliphatic rings. The van der Waals surface area contributed by atoms with Crippen LogP contribution in [0.2, 0.25) is 0 Å². The maximum absolute atomic E-state index is 12.6. The summed E-state index contributed by atoms with van der Waals surface area (Å²) in [4.78, 5) is 18.9. The van der Waals surface area contributed by atoms with Crippen molar-refractivity contribution >= 4 is 17.7 Å². The number of benzene rings is 1. The van der Waals surface area contributed by atoms with Crippen LogP contribution in [0.3, 0.4) is 0 Å². The van der Waals surface area contributed by atoms with Crippen LogP contribution in [0.4, 0.5) is 0 Å². The summed E-state index contributed by atoms with van der Waals surface area (Å²) < 4.78 is 2.01. The van der Waals surface area contributed by atoms with Crippen molar-refractivity contribution in [1.29, 1.82) is 0 Å². The van der Waals surface area contributed by atoms with Gasteiger partial charge in [0.25, 0.3) is 5.91 Å². The third kappa shape index (κ3) is 3.78. The van der Waals surface area contributed by atoms with E-state index in [0.29, 0.717) is 6.04 Å². The van der Waals surface area contributed by atoms with Gasteiger partial charge in [-0.05, 0) is 43.9 Å². The average Bonchev–Trinajstić information content (AvgIpc) is 2.98. The van der Waals surface area contributed by atoms with Gasteiger partial charge in [-0.25, -0.2) is 4.98 Å². The van der Waals surface area contributed by atoms with Crippen molar-refractivity contribution in [3.8, 4) is 0 Å². The number of thioether (sulfide) groups is 1. The lowest BCUT2D eigenvalue weighted by Gasteiger charge is -2.33. The largest absolute Gasteiger partial charge is 0.336 e. The molecule has 1 unspecified atom stereocenters. The molecule has 5 heteroatoms. The molecule has 0 radical (unpaired) electrons. The molecule has 0 spiro atoms. The molecule has 2 heterocycles. The number of carbonyl (C=O) groups is 1. The predicted octanol–water partition coefficient (Wildman–Crippen LogP) is 3.73. The van der Waals surface area contributed by atoms with Crippen molar-refractivity contribution in [2.24, 2.45) is 7.05 Å². The molecule has 0 saturated carbocycles. The molecule has 1 saturated heterocycles. The zero-order valence-corrected chi connectivity index (χ0v) is 14.6. The van der Waals surface area contributed by atoms with Gasteiger partial charge in [-0.1, -0.05) is 23.9 Å². The first-order valence-corrected chi connectivity index (χ1v) is 9.14. The Bertz CT molecular complexity index is 665. The molecule has 0 bridgehead atoms. The molecule has 1 fully saturated rings. The lowest BCUT2D eigenvalue weighted by Crippen LogP contribution is -2.42. The van der Waals surface area contributed by atoms with Gasteiger partial charge in [-0.3, -0.25) is 4.79 Å². The average molecular weight is 329 g/mol. The molecule has 4 nitrogen and oxygen atoms in total. The zero-order chi connectivity index (χ0) is 16.2. The number of hydrogen-bond acceptors (Lipinski definition) is 3. The Balaban J connectivity index is 1.62. The number of amides is 1. The molecule has 0 N–H and O–H groups in total. The molecular formula is C18H23N3OS. The minimum atomic E-state index is 0.167. The molecule has 1 atom stereocenters. The molecule has 1 aromatic heterocycles. The second-order valence-corrected chi connectivity index (χ2v) is 7.09. The number of hydrogen-bond donors (Lipinski definition) is 0. The summed E-state index contributed by atoms with van der Waals surface area (Å²) >= 11 is 1.71. The van der Waals surface area contributed by atoms with E-state index in [-0.39, 0.29) is 5.91 Å². The van der Waals surface area contributed by atoms with Gasteiger partial charge in [0.1, 0.15) is 0 Å². The first-order valence-electron chi connectivity index (χ1n) is 8.15. The molecule has 122 valence electrons. The fourth-order valence-electron chi connectivity index (χ4n) is 2.95. The minimum absolute atomic E-state index is 0.167.